The molecule has 1 aliphatic heterocycles. The van der Waals surface area contributed by atoms with Gasteiger partial charge in [-0.15, -0.1) is 0 Å². The highest BCUT2D eigenvalue weighted by atomic mass is 32.2. The Morgan fingerprint density at radius 1 is 1.05 bits per heavy atom. The van der Waals surface area contributed by atoms with Crippen LogP contribution in [-0.4, -0.2) is 42.6 Å². The van der Waals surface area contributed by atoms with Crippen molar-refractivity contribution in [3.8, 4) is 11.3 Å². The Balaban J connectivity index is 1.62. The summed E-state index contributed by atoms with van der Waals surface area (Å²) in [5, 5.41) is 0. The molecular formula is C25H25F4N5O2S. The number of hydrogen-bond acceptors (Lipinski definition) is 7. The van der Waals surface area contributed by atoms with Gasteiger partial charge in [0.2, 0.25) is 0 Å². The van der Waals surface area contributed by atoms with Crippen molar-refractivity contribution in [1.29, 1.82) is 0 Å². The second-order valence-corrected chi connectivity index (χ2v) is 11.5. The van der Waals surface area contributed by atoms with Crippen molar-refractivity contribution in [3.63, 3.8) is 0 Å². The van der Waals surface area contributed by atoms with Gasteiger partial charge in [0.15, 0.2) is 9.84 Å². The number of nitrogens with two attached hydrogens (primary N) is 2. The predicted molar refractivity (Wildman–Crippen MR) is 130 cm³/mol. The number of halogens is 4. The van der Waals surface area contributed by atoms with Crippen LogP contribution in [0.4, 0.5) is 23.2 Å². The summed E-state index contributed by atoms with van der Waals surface area (Å²) < 4.78 is 80.2. The lowest BCUT2D eigenvalue weighted by Gasteiger charge is -2.50. The Morgan fingerprint density at radius 2 is 1.73 bits per heavy atom. The Kier molecular flexibility index (Phi) is 6.06. The number of nitrogens with zero attached hydrogens (tertiary/aromatic N) is 3. The first kappa shape index (κ1) is 25.6. The van der Waals surface area contributed by atoms with Gasteiger partial charge >= 0.3 is 6.18 Å². The van der Waals surface area contributed by atoms with Gasteiger partial charge in [0.25, 0.3) is 0 Å². The molecule has 12 heteroatoms. The fraction of sp³-hybridized carbons (Fsp3) is 0.320. The van der Waals surface area contributed by atoms with Crippen LogP contribution < -0.4 is 16.4 Å². The van der Waals surface area contributed by atoms with Gasteiger partial charge in [0.05, 0.1) is 22.0 Å². The normalized spacial score (nSPS) is 21.5. The summed E-state index contributed by atoms with van der Waals surface area (Å²) in [6, 6.07) is 15.1. The van der Waals surface area contributed by atoms with Gasteiger partial charge in [0.1, 0.15) is 23.8 Å². The minimum atomic E-state index is -4.57. The van der Waals surface area contributed by atoms with Gasteiger partial charge in [0, 0.05) is 18.4 Å². The lowest BCUT2D eigenvalue weighted by atomic mass is 10.0. The van der Waals surface area contributed by atoms with E-state index in [4.69, 9.17) is 11.5 Å². The van der Waals surface area contributed by atoms with E-state index in [0.29, 0.717) is 22.5 Å². The van der Waals surface area contributed by atoms with Crippen LogP contribution in [0.5, 0.6) is 0 Å². The number of benzene rings is 2. The zero-order chi connectivity index (χ0) is 26.8. The summed E-state index contributed by atoms with van der Waals surface area (Å²) in [6.45, 7) is 0.0201. The van der Waals surface area contributed by atoms with Crippen LogP contribution in [0.3, 0.4) is 0 Å². The molecule has 1 fully saturated rings. The molecule has 4 N–H and O–H groups in total. The molecule has 0 spiro atoms. The van der Waals surface area contributed by atoms with E-state index in [1.54, 1.807) is 29.2 Å². The van der Waals surface area contributed by atoms with Crippen molar-refractivity contribution >= 4 is 15.5 Å². The SMILES string of the molecule is CS(=O)(=O)c1cccc(CN2c3ccc(-c4ccc(F)cc4)nc3C(N)N(C3(C(F)(F)F)CC3)C2N)c1. The van der Waals surface area contributed by atoms with Gasteiger partial charge in [-0.25, -0.2) is 22.7 Å². The van der Waals surface area contributed by atoms with Crippen LogP contribution >= 0.6 is 0 Å². The van der Waals surface area contributed by atoms with Crippen LogP contribution in [0.2, 0.25) is 0 Å². The molecule has 2 heterocycles. The highest BCUT2D eigenvalue weighted by molar-refractivity contribution is 7.90. The van der Waals surface area contributed by atoms with E-state index < -0.39 is 39.8 Å². The molecule has 0 saturated heterocycles. The second-order valence-electron chi connectivity index (χ2n) is 9.45. The topological polar surface area (TPSA) is 106 Å². The van der Waals surface area contributed by atoms with Gasteiger partial charge in [-0.05, 0) is 66.9 Å². The minimum absolute atomic E-state index is 0.0201. The summed E-state index contributed by atoms with van der Waals surface area (Å²) in [5.41, 5.74) is 12.9. The van der Waals surface area contributed by atoms with E-state index in [2.05, 4.69) is 4.98 Å². The number of pyridine rings is 1. The first-order valence-electron chi connectivity index (χ1n) is 11.5. The van der Waals surface area contributed by atoms with E-state index in [0.717, 1.165) is 11.2 Å². The molecule has 196 valence electrons. The summed E-state index contributed by atoms with van der Waals surface area (Å²) in [6.07, 6.45) is -6.31. The van der Waals surface area contributed by atoms with Crippen molar-refractivity contribution in [1.82, 2.24) is 9.88 Å². The predicted octanol–water partition coefficient (Wildman–Crippen LogP) is 3.91. The van der Waals surface area contributed by atoms with Crippen LogP contribution in [0, 0.1) is 5.82 Å². The van der Waals surface area contributed by atoms with E-state index in [9.17, 15) is 26.0 Å². The fourth-order valence-corrected chi connectivity index (χ4v) is 5.57. The molecule has 0 amide bonds. The molecular weight excluding hydrogens is 510 g/mol. The summed E-state index contributed by atoms with van der Waals surface area (Å²) >= 11 is 0. The maximum atomic E-state index is 14.2. The van der Waals surface area contributed by atoms with Crippen molar-refractivity contribution in [2.75, 3.05) is 11.2 Å². The third kappa shape index (κ3) is 4.48. The molecule has 2 atom stereocenters. The van der Waals surface area contributed by atoms with E-state index >= 15 is 0 Å². The maximum Gasteiger partial charge on any atom is 0.406 e. The molecule has 2 unspecified atom stereocenters. The highest BCUT2D eigenvalue weighted by Crippen LogP contribution is 2.57. The van der Waals surface area contributed by atoms with E-state index in [1.165, 1.54) is 36.4 Å². The molecule has 1 saturated carbocycles. The third-order valence-corrected chi connectivity index (χ3v) is 8.07. The lowest BCUT2D eigenvalue weighted by Crippen LogP contribution is -2.67. The van der Waals surface area contributed by atoms with Crippen LogP contribution in [-0.2, 0) is 16.4 Å². The summed E-state index contributed by atoms with van der Waals surface area (Å²) in [5.74, 6) is -0.432. The first-order valence-corrected chi connectivity index (χ1v) is 13.4. The Labute approximate surface area is 211 Å². The molecule has 0 radical (unpaired) electrons. The van der Waals surface area contributed by atoms with Crippen molar-refractivity contribution in [2.24, 2.45) is 11.5 Å². The average Bonchev–Trinajstić information content (AvgIpc) is 3.64. The van der Waals surface area contributed by atoms with E-state index in [1.807, 2.05) is 0 Å². The van der Waals surface area contributed by atoms with E-state index in [-0.39, 0.29) is 30.0 Å². The third-order valence-electron chi connectivity index (χ3n) is 6.96. The second kappa shape index (κ2) is 8.76. The summed E-state index contributed by atoms with van der Waals surface area (Å²) in [4.78, 5) is 7.29. The smallest absolute Gasteiger partial charge is 0.337 e. The Morgan fingerprint density at radius 3 is 2.32 bits per heavy atom. The van der Waals surface area contributed by atoms with Gasteiger partial charge in [-0.1, -0.05) is 12.1 Å². The molecule has 37 heavy (non-hydrogen) atoms. The van der Waals surface area contributed by atoms with Crippen LogP contribution in [0.15, 0.2) is 65.6 Å². The van der Waals surface area contributed by atoms with Gasteiger partial charge in [-0.2, -0.15) is 13.2 Å². The molecule has 2 aromatic carbocycles. The average molecular weight is 536 g/mol. The highest BCUT2D eigenvalue weighted by Gasteiger charge is 2.70. The maximum absolute atomic E-state index is 14.2. The largest absolute Gasteiger partial charge is 0.406 e. The monoisotopic (exact) mass is 535 g/mol. The lowest BCUT2D eigenvalue weighted by molar-refractivity contribution is -0.211. The fourth-order valence-electron chi connectivity index (χ4n) is 4.87. The first-order chi connectivity index (χ1) is 17.3. The number of hydrogen-bond donors (Lipinski definition) is 2. The molecule has 2 aliphatic rings. The number of rotatable bonds is 5. The minimum Gasteiger partial charge on any atom is -0.337 e. The molecule has 7 nitrogen and oxygen atoms in total. The zero-order valence-corrected chi connectivity index (χ0v) is 20.6. The number of anilines is 1. The standard InChI is InChI=1S/C25H25F4N5O2S/c1-37(35,36)18-4-2-3-15(13-18)14-33-20-10-9-19(16-5-7-17(26)8-6-16)32-21(20)22(30)34(23(33)31)24(11-12-24)25(27,28)29/h2-10,13,22-23H,11-12,14,30-31H2,1H3. The molecule has 5 rings (SSSR count). The number of fused-ring (bicyclic) bond motifs is 1. The molecule has 3 aromatic rings. The Bertz CT molecular complexity index is 1440. The van der Waals surface area contributed by atoms with Crippen molar-refractivity contribution in [3.05, 3.63) is 77.7 Å². The number of sulfone groups is 1. The number of aromatic nitrogens is 1. The van der Waals surface area contributed by atoms with Gasteiger partial charge < -0.3 is 10.6 Å². The molecule has 0 bridgehead atoms. The number of alkyl halides is 3. The molecule has 1 aliphatic carbocycles. The van der Waals surface area contributed by atoms with Crippen LogP contribution in [0.1, 0.15) is 30.3 Å². The zero-order valence-electron chi connectivity index (χ0n) is 19.8. The molecule has 1 aromatic heterocycles. The Hall–Kier alpha value is -3.06. The summed E-state index contributed by atoms with van der Waals surface area (Å²) in [7, 11) is -3.50. The quantitative estimate of drug-likeness (QED) is 0.478. The van der Waals surface area contributed by atoms with Crippen LogP contribution in [0.25, 0.3) is 11.3 Å². The van der Waals surface area contributed by atoms with Crippen molar-refractivity contribution < 1.29 is 26.0 Å². The van der Waals surface area contributed by atoms with Gasteiger partial charge in [-0.3, -0.25) is 5.73 Å². The van der Waals surface area contributed by atoms with Crippen molar-refractivity contribution in [2.45, 2.75) is 48.5 Å².